The lowest BCUT2D eigenvalue weighted by Gasteiger charge is -2.17. The molecule has 0 bridgehead atoms. The number of rotatable bonds is 4. The number of fused-ring (bicyclic) bond motifs is 1. The Morgan fingerprint density at radius 1 is 1.08 bits per heavy atom. The van der Waals surface area contributed by atoms with E-state index in [9.17, 15) is 4.79 Å². The summed E-state index contributed by atoms with van der Waals surface area (Å²) < 4.78 is 0. The van der Waals surface area contributed by atoms with Gasteiger partial charge < -0.3 is 10.6 Å². The quantitative estimate of drug-likeness (QED) is 0.723. The van der Waals surface area contributed by atoms with Gasteiger partial charge in [0.15, 0.2) is 0 Å². The third kappa shape index (κ3) is 3.36. The van der Waals surface area contributed by atoms with Crippen LogP contribution in [0.3, 0.4) is 0 Å². The molecule has 4 nitrogen and oxygen atoms in total. The Bertz CT molecular complexity index is 893. The second-order valence-electron chi connectivity index (χ2n) is 5.29. The first kappa shape index (κ1) is 16.7. The minimum atomic E-state index is -0.557. The van der Waals surface area contributed by atoms with Gasteiger partial charge in [-0.15, -0.1) is 0 Å². The number of halogens is 2. The topological polar surface area (TPSA) is 54.0 Å². The van der Waals surface area contributed by atoms with Gasteiger partial charge in [-0.1, -0.05) is 53.5 Å². The van der Waals surface area contributed by atoms with Crippen LogP contribution in [0.1, 0.15) is 11.6 Å². The van der Waals surface area contributed by atoms with Gasteiger partial charge in [-0.05, 0) is 24.7 Å². The zero-order chi connectivity index (χ0) is 17.1. The average molecular weight is 360 g/mol. The molecule has 1 amide bonds. The lowest BCUT2D eigenvalue weighted by Crippen LogP contribution is -2.30. The molecule has 3 rings (SSSR count). The molecular weight excluding hydrogens is 345 g/mol. The molecule has 0 radical (unpaired) electrons. The van der Waals surface area contributed by atoms with Gasteiger partial charge in [0, 0.05) is 17.0 Å². The molecular formula is C18H15Cl2N3O. The molecule has 24 heavy (non-hydrogen) atoms. The second-order valence-corrected chi connectivity index (χ2v) is 6.11. The number of amides is 1. The fourth-order valence-electron chi connectivity index (χ4n) is 2.56. The van der Waals surface area contributed by atoms with E-state index in [1.165, 1.54) is 0 Å². The predicted molar refractivity (Wildman–Crippen MR) is 98.6 cm³/mol. The number of carbonyl (C=O) groups is 1. The van der Waals surface area contributed by atoms with Crippen LogP contribution in [0.5, 0.6) is 0 Å². The van der Waals surface area contributed by atoms with Crippen molar-refractivity contribution < 1.29 is 4.79 Å². The first-order chi connectivity index (χ1) is 11.6. The minimum absolute atomic E-state index is 0.200. The maximum absolute atomic E-state index is 12.7. The van der Waals surface area contributed by atoms with Crippen molar-refractivity contribution in [3.8, 4) is 0 Å². The summed E-state index contributed by atoms with van der Waals surface area (Å²) in [7, 11) is 1.72. The standard InChI is InChI=1S/C18H15Cl2N3O/c1-21-17(11-6-7-14(19)15(20)8-11)18(24)23-16-10-22-9-12-4-2-3-5-13(12)16/h2-10,17,21H,1H3,(H,23,24). The van der Waals surface area contributed by atoms with Gasteiger partial charge in [-0.3, -0.25) is 9.78 Å². The Labute approximate surface area is 149 Å². The van der Waals surface area contributed by atoms with Crippen LogP contribution in [0.2, 0.25) is 10.0 Å². The van der Waals surface area contributed by atoms with E-state index in [-0.39, 0.29) is 5.91 Å². The second kappa shape index (κ2) is 7.18. The number of nitrogens with zero attached hydrogens (tertiary/aromatic N) is 1. The van der Waals surface area contributed by atoms with Crippen molar-refractivity contribution in [1.82, 2.24) is 10.3 Å². The van der Waals surface area contributed by atoms with Crippen molar-refractivity contribution in [1.29, 1.82) is 0 Å². The maximum Gasteiger partial charge on any atom is 0.246 e. The van der Waals surface area contributed by atoms with E-state index in [0.717, 1.165) is 16.3 Å². The van der Waals surface area contributed by atoms with E-state index >= 15 is 0 Å². The minimum Gasteiger partial charge on any atom is -0.323 e. The molecule has 1 heterocycles. The molecule has 3 aromatic rings. The van der Waals surface area contributed by atoms with Gasteiger partial charge >= 0.3 is 0 Å². The van der Waals surface area contributed by atoms with Crippen LogP contribution in [0.4, 0.5) is 5.69 Å². The number of aromatic nitrogens is 1. The largest absolute Gasteiger partial charge is 0.323 e. The fourth-order valence-corrected chi connectivity index (χ4v) is 2.87. The van der Waals surface area contributed by atoms with E-state index in [2.05, 4.69) is 15.6 Å². The number of pyridine rings is 1. The van der Waals surface area contributed by atoms with Crippen molar-refractivity contribution in [3.05, 3.63) is 70.5 Å². The van der Waals surface area contributed by atoms with Gasteiger partial charge in [-0.25, -0.2) is 0 Å². The summed E-state index contributed by atoms with van der Waals surface area (Å²) in [5, 5.41) is 8.69. The number of hydrogen-bond donors (Lipinski definition) is 2. The predicted octanol–water partition coefficient (Wildman–Crippen LogP) is 4.44. The first-order valence-corrected chi connectivity index (χ1v) is 8.11. The summed E-state index contributed by atoms with van der Waals surface area (Å²) in [6.45, 7) is 0. The summed E-state index contributed by atoms with van der Waals surface area (Å²) in [4.78, 5) is 16.9. The maximum atomic E-state index is 12.7. The molecule has 0 saturated carbocycles. The molecule has 6 heteroatoms. The normalized spacial score (nSPS) is 12.1. The van der Waals surface area contributed by atoms with E-state index in [4.69, 9.17) is 23.2 Å². The van der Waals surface area contributed by atoms with Gasteiger partial charge in [0.2, 0.25) is 5.91 Å². The lowest BCUT2D eigenvalue weighted by atomic mass is 10.1. The highest BCUT2D eigenvalue weighted by atomic mass is 35.5. The van der Waals surface area contributed by atoms with Crippen molar-refractivity contribution in [3.63, 3.8) is 0 Å². The smallest absolute Gasteiger partial charge is 0.246 e. The van der Waals surface area contributed by atoms with Crippen LogP contribution in [-0.2, 0) is 4.79 Å². The average Bonchev–Trinajstić information content (AvgIpc) is 2.59. The summed E-state index contributed by atoms with van der Waals surface area (Å²) in [5.41, 5.74) is 1.40. The van der Waals surface area contributed by atoms with Crippen LogP contribution in [0, 0.1) is 0 Å². The number of hydrogen-bond acceptors (Lipinski definition) is 3. The molecule has 2 aromatic carbocycles. The molecule has 0 spiro atoms. The SMILES string of the molecule is CNC(C(=O)Nc1cncc2ccccc12)c1ccc(Cl)c(Cl)c1. The first-order valence-electron chi connectivity index (χ1n) is 7.36. The third-order valence-corrected chi connectivity index (χ3v) is 4.49. The van der Waals surface area contributed by atoms with Gasteiger partial charge in [0.05, 0.1) is 21.9 Å². The molecule has 1 atom stereocenters. The Morgan fingerprint density at radius 2 is 1.88 bits per heavy atom. The molecule has 0 fully saturated rings. The fraction of sp³-hybridized carbons (Fsp3) is 0.111. The van der Waals surface area contributed by atoms with Crippen molar-refractivity contribution in [2.45, 2.75) is 6.04 Å². The monoisotopic (exact) mass is 359 g/mol. The Hall–Kier alpha value is -2.14. The summed E-state index contributed by atoms with van der Waals surface area (Å²) in [6.07, 6.45) is 3.40. The number of benzene rings is 2. The lowest BCUT2D eigenvalue weighted by molar-refractivity contribution is -0.118. The molecule has 2 N–H and O–H groups in total. The third-order valence-electron chi connectivity index (χ3n) is 3.75. The van der Waals surface area contributed by atoms with Crippen LogP contribution < -0.4 is 10.6 Å². The van der Waals surface area contributed by atoms with Crippen molar-refractivity contribution in [2.75, 3.05) is 12.4 Å². The van der Waals surface area contributed by atoms with Crippen molar-refractivity contribution >= 4 is 45.6 Å². The van der Waals surface area contributed by atoms with Crippen LogP contribution in [0.15, 0.2) is 54.9 Å². The number of anilines is 1. The molecule has 122 valence electrons. The van der Waals surface area contributed by atoms with E-state index < -0.39 is 6.04 Å². The number of carbonyl (C=O) groups excluding carboxylic acids is 1. The van der Waals surface area contributed by atoms with Gasteiger partial charge in [0.1, 0.15) is 6.04 Å². The highest BCUT2D eigenvalue weighted by Gasteiger charge is 2.20. The highest BCUT2D eigenvalue weighted by molar-refractivity contribution is 6.42. The van der Waals surface area contributed by atoms with E-state index in [0.29, 0.717) is 15.7 Å². The van der Waals surface area contributed by atoms with Crippen LogP contribution in [-0.4, -0.2) is 17.9 Å². The zero-order valence-electron chi connectivity index (χ0n) is 12.9. The molecule has 1 unspecified atom stereocenters. The Morgan fingerprint density at radius 3 is 2.62 bits per heavy atom. The molecule has 1 aromatic heterocycles. The molecule has 0 aliphatic heterocycles. The summed E-state index contributed by atoms with van der Waals surface area (Å²) in [5.74, 6) is -0.200. The Balaban J connectivity index is 1.90. The number of nitrogens with one attached hydrogen (secondary N) is 2. The summed E-state index contributed by atoms with van der Waals surface area (Å²) >= 11 is 12.0. The summed E-state index contributed by atoms with van der Waals surface area (Å²) in [6, 6.07) is 12.3. The van der Waals surface area contributed by atoms with E-state index in [1.54, 1.807) is 37.6 Å². The molecule has 0 aliphatic rings. The Kier molecular flexibility index (Phi) is 5.00. The van der Waals surface area contributed by atoms with E-state index in [1.807, 2.05) is 24.3 Å². The zero-order valence-corrected chi connectivity index (χ0v) is 14.4. The van der Waals surface area contributed by atoms with Gasteiger partial charge in [-0.2, -0.15) is 0 Å². The van der Waals surface area contributed by atoms with Gasteiger partial charge in [0.25, 0.3) is 0 Å². The van der Waals surface area contributed by atoms with Crippen molar-refractivity contribution in [2.24, 2.45) is 0 Å². The van der Waals surface area contributed by atoms with Crippen LogP contribution >= 0.6 is 23.2 Å². The number of likely N-dealkylation sites (N-methyl/N-ethyl adjacent to an activating group) is 1. The highest BCUT2D eigenvalue weighted by Crippen LogP contribution is 2.27. The van der Waals surface area contributed by atoms with Crippen LogP contribution in [0.25, 0.3) is 10.8 Å². The molecule has 0 aliphatic carbocycles. The molecule has 0 saturated heterocycles.